The highest BCUT2D eigenvalue weighted by Gasteiger charge is 1.98. The van der Waals surface area contributed by atoms with Crippen molar-refractivity contribution in [3.05, 3.63) is 0 Å². The molecule has 0 aliphatic carbocycles. The maximum atomic E-state index is 4.95. The second kappa shape index (κ2) is 5.44. The molecule has 1 N–H and O–H groups in total. The van der Waals surface area contributed by atoms with Gasteiger partial charge in [0.05, 0.1) is 6.61 Å². The standard InChI is InChI=1S/C6H14N2OS/c1-7-6(10)8(2)4-5-9-3/h4-5H2,1-3H3,(H,7,10). The van der Waals surface area contributed by atoms with E-state index in [1.54, 1.807) is 7.11 Å². The summed E-state index contributed by atoms with van der Waals surface area (Å²) in [5.41, 5.74) is 0. The minimum absolute atomic E-state index is 0.707. The van der Waals surface area contributed by atoms with E-state index in [2.05, 4.69) is 5.32 Å². The highest BCUT2D eigenvalue weighted by molar-refractivity contribution is 7.80. The van der Waals surface area contributed by atoms with Gasteiger partial charge in [-0.25, -0.2) is 0 Å². The number of ether oxygens (including phenoxy) is 1. The van der Waals surface area contributed by atoms with E-state index in [0.717, 1.165) is 11.7 Å². The average Bonchev–Trinajstić information content (AvgIpc) is 1.98. The summed E-state index contributed by atoms with van der Waals surface area (Å²) in [5, 5.41) is 3.62. The van der Waals surface area contributed by atoms with Gasteiger partial charge < -0.3 is 15.0 Å². The van der Waals surface area contributed by atoms with Crippen LogP contribution in [0.25, 0.3) is 0 Å². The van der Waals surface area contributed by atoms with Gasteiger partial charge in [-0.15, -0.1) is 0 Å². The van der Waals surface area contributed by atoms with Gasteiger partial charge in [-0.2, -0.15) is 0 Å². The second-order valence-electron chi connectivity index (χ2n) is 1.97. The van der Waals surface area contributed by atoms with Crippen LogP contribution in [-0.4, -0.2) is 44.4 Å². The van der Waals surface area contributed by atoms with Gasteiger partial charge in [0.1, 0.15) is 0 Å². The van der Waals surface area contributed by atoms with Gasteiger partial charge in [0.25, 0.3) is 0 Å². The number of methoxy groups -OCH3 is 1. The summed E-state index contributed by atoms with van der Waals surface area (Å²) >= 11 is 4.95. The molecule has 0 amide bonds. The zero-order chi connectivity index (χ0) is 7.98. The fourth-order valence-corrected chi connectivity index (χ4v) is 0.612. The largest absolute Gasteiger partial charge is 0.383 e. The number of rotatable bonds is 3. The predicted octanol–water partition coefficient (Wildman–Crippen LogP) is 0.0689. The Bertz CT molecular complexity index is 108. The van der Waals surface area contributed by atoms with E-state index in [1.165, 1.54) is 0 Å². The van der Waals surface area contributed by atoms with Crippen molar-refractivity contribution in [1.29, 1.82) is 0 Å². The molecular weight excluding hydrogens is 148 g/mol. The minimum atomic E-state index is 0.707. The molecule has 10 heavy (non-hydrogen) atoms. The maximum absolute atomic E-state index is 4.95. The smallest absolute Gasteiger partial charge is 0.168 e. The zero-order valence-corrected chi connectivity index (χ0v) is 7.49. The first kappa shape index (κ1) is 9.65. The van der Waals surface area contributed by atoms with Crippen LogP contribution in [0.15, 0.2) is 0 Å². The molecular formula is C6H14N2OS. The Morgan fingerprint density at radius 1 is 1.70 bits per heavy atom. The minimum Gasteiger partial charge on any atom is -0.383 e. The van der Waals surface area contributed by atoms with Crippen molar-refractivity contribution in [2.24, 2.45) is 0 Å². The van der Waals surface area contributed by atoms with Crippen LogP contribution in [0.4, 0.5) is 0 Å². The fraction of sp³-hybridized carbons (Fsp3) is 0.833. The summed E-state index contributed by atoms with van der Waals surface area (Å²) in [7, 11) is 5.42. The molecule has 60 valence electrons. The molecule has 0 spiro atoms. The Morgan fingerprint density at radius 2 is 2.30 bits per heavy atom. The summed E-state index contributed by atoms with van der Waals surface area (Å²) in [6, 6.07) is 0. The lowest BCUT2D eigenvalue weighted by atomic mass is 10.6. The number of nitrogens with zero attached hydrogens (tertiary/aromatic N) is 1. The molecule has 0 saturated heterocycles. The molecule has 0 atom stereocenters. The van der Waals surface area contributed by atoms with Crippen LogP contribution in [0, 0.1) is 0 Å². The lowest BCUT2D eigenvalue weighted by molar-refractivity contribution is 0.182. The maximum Gasteiger partial charge on any atom is 0.168 e. The first-order chi connectivity index (χ1) is 4.72. The molecule has 0 unspecified atom stereocenters. The van der Waals surface area contributed by atoms with Gasteiger partial charge in [0.15, 0.2) is 5.11 Å². The van der Waals surface area contributed by atoms with E-state index in [9.17, 15) is 0 Å². The number of nitrogens with one attached hydrogen (secondary N) is 1. The summed E-state index contributed by atoms with van der Waals surface area (Å²) in [6.07, 6.45) is 0. The van der Waals surface area contributed by atoms with Gasteiger partial charge in [-0.1, -0.05) is 0 Å². The molecule has 0 aromatic carbocycles. The summed E-state index contributed by atoms with van der Waals surface area (Å²) in [4.78, 5) is 1.93. The summed E-state index contributed by atoms with van der Waals surface area (Å²) in [6.45, 7) is 1.54. The molecule has 0 heterocycles. The normalized spacial score (nSPS) is 9.10. The van der Waals surface area contributed by atoms with E-state index in [1.807, 2.05) is 19.0 Å². The molecule has 0 aliphatic heterocycles. The number of thiocarbonyl (C=S) groups is 1. The molecule has 0 saturated carbocycles. The predicted molar refractivity (Wildman–Crippen MR) is 46.2 cm³/mol. The Morgan fingerprint density at radius 3 is 2.70 bits per heavy atom. The third-order valence-electron chi connectivity index (χ3n) is 1.19. The first-order valence-electron chi connectivity index (χ1n) is 3.14. The van der Waals surface area contributed by atoms with E-state index in [4.69, 9.17) is 17.0 Å². The van der Waals surface area contributed by atoms with Crippen molar-refractivity contribution in [2.75, 3.05) is 34.4 Å². The lowest BCUT2D eigenvalue weighted by Crippen LogP contribution is -2.36. The Kier molecular flexibility index (Phi) is 5.25. The lowest BCUT2D eigenvalue weighted by Gasteiger charge is -2.18. The van der Waals surface area contributed by atoms with Gasteiger partial charge in [-0.05, 0) is 12.2 Å². The Balaban J connectivity index is 3.41. The molecule has 4 heteroatoms. The topological polar surface area (TPSA) is 24.5 Å². The van der Waals surface area contributed by atoms with Crippen molar-refractivity contribution in [3.8, 4) is 0 Å². The van der Waals surface area contributed by atoms with Crippen LogP contribution in [0.1, 0.15) is 0 Å². The van der Waals surface area contributed by atoms with Gasteiger partial charge in [-0.3, -0.25) is 0 Å². The molecule has 0 aliphatic rings. The Hall–Kier alpha value is -0.350. The van der Waals surface area contributed by atoms with E-state index < -0.39 is 0 Å². The van der Waals surface area contributed by atoms with Crippen LogP contribution >= 0.6 is 12.2 Å². The van der Waals surface area contributed by atoms with Crippen LogP contribution < -0.4 is 5.32 Å². The molecule has 0 fully saturated rings. The summed E-state index contributed by atoms with van der Waals surface area (Å²) < 4.78 is 4.88. The quantitative estimate of drug-likeness (QED) is 0.594. The van der Waals surface area contributed by atoms with Crippen molar-refractivity contribution in [2.45, 2.75) is 0 Å². The van der Waals surface area contributed by atoms with E-state index in [-0.39, 0.29) is 0 Å². The van der Waals surface area contributed by atoms with Crippen molar-refractivity contribution in [3.63, 3.8) is 0 Å². The summed E-state index contributed by atoms with van der Waals surface area (Å²) in [5.74, 6) is 0. The van der Waals surface area contributed by atoms with Crippen LogP contribution in [0.2, 0.25) is 0 Å². The van der Waals surface area contributed by atoms with Gasteiger partial charge in [0, 0.05) is 27.7 Å². The van der Waals surface area contributed by atoms with Crippen LogP contribution in [0.3, 0.4) is 0 Å². The fourth-order valence-electron chi connectivity index (χ4n) is 0.521. The molecule has 3 nitrogen and oxygen atoms in total. The van der Waals surface area contributed by atoms with Gasteiger partial charge in [0.2, 0.25) is 0 Å². The second-order valence-corrected chi connectivity index (χ2v) is 2.36. The molecule has 0 aromatic heterocycles. The molecule has 0 bridgehead atoms. The third-order valence-corrected chi connectivity index (χ3v) is 1.71. The number of likely N-dealkylation sites (N-methyl/N-ethyl adjacent to an activating group) is 1. The van der Waals surface area contributed by atoms with Crippen molar-refractivity contribution in [1.82, 2.24) is 10.2 Å². The van der Waals surface area contributed by atoms with E-state index in [0.29, 0.717) is 6.61 Å². The van der Waals surface area contributed by atoms with Crippen LogP contribution in [0.5, 0.6) is 0 Å². The molecule has 0 radical (unpaired) electrons. The van der Waals surface area contributed by atoms with Crippen molar-refractivity contribution >= 4 is 17.3 Å². The molecule has 0 rings (SSSR count). The number of hydrogen-bond acceptors (Lipinski definition) is 2. The van der Waals surface area contributed by atoms with Crippen LogP contribution in [-0.2, 0) is 4.74 Å². The number of hydrogen-bond donors (Lipinski definition) is 1. The van der Waals surface area contributed by atoms with Gasteiger partial charge >= 0.3 is 0 Å². The van der Waals surface area contributed by atoms with E-state index >= 15 is 0 Å². The average molecular weight is 162 g/mol. The van der Waals surface area contributed by atoms with Crippen molar-refractivity contribution < 1.29 is 4.74 Å². The monoisotopic (exact) mass is 162 g/mol. The zero-order valence-electron chi connectivity index (χ0n) is 6.68. The Labute approximate surface area is 67.3 Å². The molecule has 0 aromatic rings. The SMILES string of the molecule is CNC(=S)N(C)CCOC. The highest BCUT2D eigenvalue weighted by Crippen LogP contribution is 1.82. The first-order valence-corrected chi connectivity index (χ1v) is 3.55. The highest BCUT2D eigenvalue weighted by atomic mass is 32.1. The third kappa shape index (κ3) is 3.63.